The number of rotatable bonds is 7. The molecule has 0 aromatic carbocycles. The van der Waals surface area contributed by atoms with Crippen LogP contribution in [0, 0.1) is 6.92 Å². The largest absolute Gasteiger partial charge is 0.382 e. The Hall–Kier alpha value is -1.42. The number of pyridine rings is 1. The molecule has 1 amide bonds. The van der Waals surface area contributed by atoms with Crippen LogP contribution in [0.3, 0.4) is 0 Å². The first-order valence-corrected chi connectivity index (χ1v) is 5.99. The summed E-state index contributed by atoms with van der Waals surface area (Å²) in [6, 6.07) is 5.79. The highest BCUT2D eigenvalue weighted by Gasteiger charge is 2.01. The van der Waals surface area contributed by atoms with Crippen molar-refractivity contribution in [3.05, 3.63) is 29.6 Å². The zero-order chi connectivity index (χ0) is 12.5. The highest BCUT2D eigenvalue weighted by Crippen LogP contribution is 1.98. The summed E-state index contributed by atoms with van der Waals surface area (Å²) in [5, 5.41) is 2.85. The van der Waals surface area contributed by atoms with Gasteiger partial charge in [-0.2, -0.15) is 0 Å². The van der Waals surface area contributed by atoms with Crippen molar-refractivity contribution in [2.45, 2.75) is 33.2 Å². The fourth-order valence-electron chi connectivity index (χ4n) is 1.45. The van der Waals surface area contributed by atoms with E-state index in [1.807, 2.05) is 32.0 Å². The van der Waals surface area contributed by atoms with Gasteiger partial charge in [-0.15, -0.1) is 0 Å². The second-order valence-corrected chi connectivity index (χ2v) is 3.85. The van der Waals surface area contributed by atoms with Crippen molar-refractivity contribution in [2.24, 2.45) is 0 Å². The molecule has 4 heteroatoms. The third kappa shape index (κ3) is 6.02. The first kappa shape index (κ1) is 13.6. The highest BCUT2D eigenvalue weighted by atomic mass is 16.5. The minimum atomic E-state index is 0.0491. The average molecular weight is 236 g/mol. The van der Waals surface area contributed by atoms with Gasteiger partial charge in [0.05, 0.1) is 12.2 Å². The number of hydrogen-bond donors (Lipinski definition) is 1. The SMILES string of the molecule is CCOCCCC(=O)NCc1cccc(C)n1. The van der Waals surface area contributed by atoms with E-state index >= 15 is 0 Å². The van der Waals surface area contributed by atoms with E-state index in [0.717, 1.165) is 17.8 Å². The van der Waals surface area contributed by atoms with Gasteiger partial charge in [-0.25, -0.2) is 0 Å². The number of carbonyl (C=O) groups excluding carboxylic acids is 1. The first-order chi connectivity index (χ1) is 8.22. The van der Waals surface area contributed by atoms with Crippen LogP contribution >= 0.6 is 0 Å². The lowest BCUT2D eigenvalue weighted by atomic mass is 10.3. The summed E-state index contributed by atoms with van der Waals surface area (Å²) in [5.41, 5.74) is 1.86. The molecule has 0 saturated heterocycles. The van der Waals surface area contributed by atoms with Crippen LogP contribution in [0.15, 0.2) is 18.2 Å². The number of nitrogens with one attached hydrogen (secondary N) is 1. The van der Waals surface area contributed by atoms with Crippen LogP contribution in [-0.4, -0.2) is 24.1 Å². The van der Waals surface area contributed by atoms with Gasteiger partial charge in [-0.05, 0) is 32.4 Å². The molecule has 1 rings (SSSR count). The fraction of sp³-hybridized carbons (Fsp3) is 0.538. The van der Waals surface area contributed by atoms with Gasteiger partial charge in [0.1, 0.15) is 0 Å². The Morgan fingerprint density at radius 1 is 1.47 bits per heavy atom. The summed E-state index contributed by atoms with van der Waals surface area (Å²) in [5.74, 6) is 0.0491. The van der Waals surface area contributed by atoms with Crippen molar-refractivity contribution in [1.29, 1.82) is 0 Å². The Morgan fingerprint density at radius 3 is 3.00 bits per heavy atom. The summed E-state index contributed by atoms with van der Waals surface area (Å²) >= 11 is 0. The third-order valence-corrected chi connectivity index (χ3v) is 2.31. The molecule has 17 heavy (non-hydrogen) atoms. The molecular weight excluding hydrogens is 216 g/mol. The second-order valence-electron chi connectivity index (χ2n) is 3.85. The Balaban J connectivity index is 2.19. The number of aromatic nitrogens is 1. The molecule has 0 unspecified atom stereocenters. The quantitative estimate of drug-likeness (QED) is 0.735. The molecule has 0 aliphatic rings. The maximum atomic E-state index is 11.5. The van der Waals surface area contributed by atoms with E-state index in [0.29, 0.717) is 26.2 Å². The Kier molecular flexibility index (Phi) is 6.25. The minimum Gasteiger partial charge on any atom is -0.382 e. The van der Waals surface area contributed by atoms with E-state index in [9.17, 15) is 4.79 Å². The smallest absolute Gasteiger partial charge is 0.220 e. The van der Waals surface area contributed by atoms with Crippen molar-refractivity contribution in [3.8, 4) is 0 Å². The van der Waals surface area contributed by atoms with Gasteiger partial charge in [-0.3, -0.25) is 9.78 Å². The lowest BCUT2D eigenvalue weighted by molar-refractivity contribution is -0.121. The van der Waals surface area contributed by atoms with Crippen LogP contribution in [0.2, 0.25) is 0 Å². The molecule has 0 atom stereocenters. The molecule has 94 valence electrons. The third-order valence-electron chi connectivity index (χ3n) is 2.31. The van der Waals surface area contributed by atoms with Crippen LogP contribution in [0.25, 0.3) is 0 Å². The molecule has 1 heterocycles. The van der Waals surface area contributed by atoms with E-state index < -0.39 is 0 Å². The molecule has 0 aliphatic heterocycles. The summed E-state index contributed by atoms with van der Waals surface area (Å²) in [4.78, 5) is 15.8. The summed E-state index contributed by atoms with van der Waals surface area (Å²) in [6.07, 6.45) is 1.27. The Labute approximate surface area is 102 Å². The predicted molar refractivity (Wildman–Crippen MR) is 66.5 cm³/mol. The molecule has 0 spiro atoms. The number of amides is 1. The number of aryl methyl sites for hydroxylation is 1. The first-order valence-electron chi connectivity index (χ1n) is 5.99. The average Bonchev–Trinajstić information content (AvgIpc) is 2.32. The molecule has 1 aromatic heterocycles. The minimum absolute atomic E-state index is 0.0491. The second kappa shape index (κ2) is 7.79. The van der Waals surface area contributed by atoms with Gasteiger partial charge < -0.3 is 10.1 Å². The maximum absolute atomic E-state index is 11.5. The molecule has 0 fully saturated rings. The number of ether oxygens (including phenoxy) is 1. The van der Waals surface area contributed by atoms with Gasteiger partial charge >= 0.3 is 0 Å². The molecule has 0 radical (unpaired) electrons. The Morgan fingerprint density at radius 2 is 2.29 bits per heavy atom. The number of nitrogens with zero attached hydrogens (tertiary/aromatic N) is 1. The van der Waals surface area contributed by atoms with Crippen molar-refractivity contribution in [1.82, 2.24) is 10.3 Å². The van der Waals surface area contributed by atoms with Crippen LogP contribution in [0.4, 0.5) is 0 Å². The summed E-state index contributed by atoms with van der Waals surface area (Å²) in [6.45, 7) is 5.73. The summed E-state index contributed by atoms with van der Waals surface area (Å²) in [7, 11) is 0. The van der Waals surface area contributed by atoms with E-state index in [1.54, 1.807) is 0 Å². The van der Waals surface area contributed by atoms with Gasteiger partial charge in [0.15, 0.2) is 0 Å². The lowest BCUT2D eigenvalue weighted by Gasteiger charge is -2.05. The monoisotopic (exact) mass is 236 g/mol. The number of carbonyl (C=O) groups is 1. The molecular formula is C13H20N2O2. The molecule has 1 aromatic rings. The topological polar surface area (TPSA) is 51.2 Å². The van der Waals surface area contributed by atoms with Crippen molar-refractivity contribution in [3.63, 3.8) is 0 Å². The van der Waals surface area contributed by atoms with E-state index in [-0.39, 0.29) is 5.91 Å². The van der Waals surface area contributed by atoms with Crippen LogP contribution in [0.5, 0.6) is 0 Å². The fourth-order valence-corrected chi connectivity index (χ4v) is 1.45. The standard InChI is InChI=1S/C13H20N2O2/c1-3-17-9-5-8-13(16)14-10-12-7-4-6-11(2)15-12/h4,6-7H,3,5,8-10H2,1-2H3,(H,14,16). The zero-order valence-corrected chi connectivity index (χ0v) is 10.5. The zero-order valence-electron chi connectivity index (χ0n) is 10.5. The lowest BCUT2D eigenvalue weighted by Crippen LogP contribution is -2.23. The van der Waals surface area contributed by atoms with Gasteiger partial charge in [-0.1, -0.05) is 6.07 Å². The van der Waals surface area contributed by atoms with Crippen molar-refractivity contribution in [2.75, 3.05) is 13.2 Å². The van der Waals surface area contributed by atoms with E-state index in [1.165, 1.54) is 0 Å². The van der Waals surface area contributed by atoms with Crippen molar-refractivity contribution >= 4 is 5.91 Å². The summed E-state index contributed by atoms with van der Waals surface area (Å²) < 4.78 is 5.17. The van der Waals surface area contributed by atoms with Gasteiger partial charge in [0.25, 0.3) is 0 Å². The highest BCUT2D eigenvalue weighted by molar-refractivity contribution is 5.75. The number of hydrogen-bond acceptors (Lipinski definition) is 3. The molecule has 0 saturated carbocycles. The van der Waals surface area contributed by atoms with E-state index in [2.05, 4.69) is 10.3 Å². The maximum Gasteiger partial charge on any atom is 0.220 e. The molecule has 4 nitrogen and oxygen atoms in total. The van der Waals surface area contributed by atoms with Crippen LogP contribution in [0.1, 0.15) is 31.2 Å². The normalized spacial score (nSPS) is 10.2. The predicted octanol–water partition coefficient (Wildman–Crippen LogP) is 1.82. The van der Waals surface area contributed by atoms with Crippen LogP contribution in [-0.2, 0) is 16.1 Å². The Bertz CT molecular complexity index is 353. The van der Waals surface area contributed by atoms with Gasteiger partial charge in [0.2, 0.25) is 5.91 Å². The van der Waals surface area contributed by atoms with Gasteiger partial charge in [0, 0.05) is 25.3 Å². The molecule has 0 bridgehead atoms. The van der Waals surface area contributed by atoms with Crippen molar-refractivity contribution < 1.29 is 9.53 Å². The molecule has 1 N–H and O–H groups in total. The molecule has 0 aliphatic carbocycles. The van der Waals surface area contributed by atoms with E-state index in [4.69, 9.17) is 4.74 Å². The van der Waals surface area contributed by atoms with Crippen LogP contribution < -0.4 is 5.32 Å².